The molecular weight excluding hydrogens is 299 g/mol. The van der Waals surface area contributed by atoms with Gasteiger partial charge in [-0.1, -0.05) is 6.07 Å². The van der Waals surface area contributed by atoms with Gasteiger partial charge in [0.1, 0.15) is 23.5 Å². The van der Waals surface area contributed by atoms with Gasteiger partial charge in [0.15, 0.2) is 0 Å². The second-order valence-corrected chi connectivity index (χ2v) is 6.28. The van der Waals surface area contributed by atoms with E-state index in [-0.39, 0.29) is 11.9 Å². The van der Waals surface area contributed by atoms with Gasteiger partial charge in [-0.05, 0) is 26.0 Å². The summed E-state index contributed by atoms with van der Waals surface area (Å²) in [5.41, 5.74) is 0.368. The quantitative estimate of drug-likeness (QED) is 0.720. The third-order valence-electron chi connectivity index (χ3n) is 3.54. The summed E-state index contributed by atoms with van der Waals surface area (Å²) in [4.78, 5) is 15.0. The Hall–Kier alpha value is -2.08. The zero-order valence-corrected chi connectivity index (χ0v) is 13.3. The summed E-state index contributed by atoms with van der Waals surface area (Å²) in [6, 6.07) is 5.24. The van der Waals surface area contributed by atoms with Crippen molar-refractivity contribution in [1.82, 2.24) is 15.0 Å². The standard InChI is InChI=1S/C16H17FN4S/c1-11(2)21(8-6-14-18-7-9-22-14)16-12-4-3-5-13(17)15(12)19-10-20-16/h3-5,7,9-11H,6,8H2,1-2H3. The number of rotatable bonds is 5. The second kappa shape index (κ2) is 6.36. The molecule has 114 valence electrons. The first kappa shape index (κ1) is 14.8. The Morgan fingerprint density at radius 3 is 2.82 bits per heavy atom. The number of halogens is 1. The third-order valence-corrected chi connectivity index (χ3v) is 4.38. The number of hydrogen-bond acceptors (Lipinski definition) is 5. The molecule has 0 saturated heterocycles. The number of aromatic nitrogens is 3. The molecule has 1 aromatic carbocycles. The lowest BCUT2D eigenvalue weighted by Crippen LogP contribution is -2.33. The second-order valence-electron chi connectivity index (χ2n) is 5.30. The number of anilines is 1. The Morgan fingerprint density at radius 2 is 2.09 bits per heavy atom. The molecule has 0 fully saturated rings. The maximum absolute atomic E-state index is 13.9. The zero-order chi connectivity index (χ0) is 15.5. The van der Waals surface area contributed by atoms with Crippen LogP contribution in [0.2, 0.25) is 0 Å². The Morgan fingerprint density at radius 1 is 1.23 bits per heavy atom. The van der Waals surface area contributed by atoms with Crippen LogP contribution in [0.4, 0.5) is 10.2 Å². The molecule has 0 aliphatic heterocycles. The van der Waals surface area contributed by atoms with Crippen molar-refractivity contribution in [1.29, 1.82) is 0 Å². The summed E-state index contributed by atoms with van der Waals surface area (Å²) in [6.45, 7) is 5.00. The van der Waals surface area contributed by atoms with Crippen LogP contribution in [0.5, 0.6) is 0 Å². The molecular formula is C16H17FN4S. The molecule has 2 aromatic heterocycles. The molecule has 0 spiro atoms. The minimum atomic E-state index is -0.315. The number of hydrogen-bond donors (Lipinski definition) is 0. The van der Waals surface area contributed by atoms with E-state index in [4.69, 9.17) is 0 Å². The lowest BCUT2D eigenvalue weighted by atomic mass is 10.2. The van der Waals surface area contributed by atoms with Crippen LogP contribution in [0, 0.1) is 5.82 Å². The van der Waals surface area contributed by atoms with Gasteiger partial charge in [0.05, 0.1) is 5.01 Å². The van der Waals surface area contributed by atoms with Gasteiger partial charge < -0.3 is 4.90 Å². The highest BCUT2D eigenvalue weighted by Gasteiger charge is 2.17. The molecule has 3 rings (SSSR count). The number of fused-ring (bicyclic) bond motifs is 1. The van der Waals surface area contributed by atoms with E-state index in [0.717, 1.165) is 29.2 Å². The van der Waals surface area contributed by atoms with Crippen molar-refractivity contribution in [2.24, 2.45) is 0 Å². The summed E-state index contributed by atoms with van der Waals surface area (Å²) in [6.07, 6.45) is 4.09. The number of thiazole rings is 1. The predicted molar refractivity (Wildman–Crippen MR) is 87.8 cm³/mol. The number of nitrogens with zero attached hydrogens (tertiary/aromatic N) is 4. The fraction of sp³-hybridized carbons (Fsp3) is 0.312. The SMILES string of the molecule is CC(C)N(CCc1nccs1)c1ncnc2c(F)cccc12. The molecule has 22 heavy (non-hydrogen) atoms. The van der Waals surface area contributed by atoms with E-state index in [0.29, 0.717) is 5.52 Å². The summed E-state index contributed by atoms with van der Waals surface area (Å²) in [5, 5.41) is 3.82. The van der Waals surface area contributed by atoms with Crippen molar-refractivity contribution < 1.29 is 4.39 Å². The number of para-hydroxylation sites is 1. The van der Waals surface area contributed by atoms with Crippen molar-refractivity contribution >= 4 is 28.1 Å². The normalized spacial score (nSPS) is 11.3. The summed E-state index contributed by atoms with van der Waals surface area (Å²) in [7, 11) is 0. The van der Waals surface area contributed by atoms with Crippen LogP contribution in [-0.2, 0) is 6.42 Å². The van der Waals surface area contributed by atoms with E-state index in [1.807, 2.05) is 17.6 Å². The Bertz CT molecular complexity index is 758. The van der Waals surface area contributed by atoms with Gasteiger partial charge in [-0.2, -0.15) is 0 Å². The molecule has 0 aliphatic rings. The number of benzene rings is 1. The first-order chi connectivity index (χ1) is 10.7. The maximum Gasteiger partial charge on any atom is 0.149 e. The lowest BCUT2D eigenvalue weighted by Gasteiger charge is -2.28. The molecule has 0 atom stereocenters. The zero-order valence-electron chi connectivity index (χ0n) is 12.5. The van der Waals surface area contributed by atoms with Gasteiger partial charge in [-0.3, -0.25) is 0 Å². The van der Waals surface area contributed by atoms with Gasteiger partial charge >= 0.3 is 0 Å². The van der Waals surface area contributed by atoms with Gasteiger partial charge in [0.2, 0.25) is 0 Å². The molecule has 4 nitrogen and oxygen atoms in total. The highest BCUT2D eigenvalue weighted by molar-refractivity contribution is 7.09. The van der Waals surface area contributed by atoms with Crippen LogP contribution >= 0.6 is 11.3 Å². The molecule has 0 aliphatic carbocycles. The summed E-state index contributed by atoms with van der Waals surface area (Å²) >= 11 is 1.65. The van der Waals surface area contributed by atoms with Gasteiger partial charge in [-0.15, -0.1) is 11.3 Å². The average Bonchev–Trinajstić information content (AvgIpc) is 3.01. The first-order valence-corrected chi connectivity index (χ1v) is 8.09. The van der Waals surface area contributed by atoms with Crippen LogP contribution < -0.4 is 4.90 Å². The van der Waals surface area contributed by atoms with Crippen molar-refractivity contribution in [3.63, 3.8) is 0 Å². The minimum absolute atomic E-state index is 0.251. The molecule has 2 heterocycles. The molecule has 0 saturated carbocycles. The van der Waals surface area contributed by atoms with Gasteiger partial charge in [0, 0.05) is 36.0 Å². The molecule has 6 heteroatoms. The van der Waals surface area contributed by atoms with Crippen LogP contribution in [0.25, 0.3) is 10.9 Å². The maximum atomic E-state index is 13.9. The fourth-order valence-corrected chi connectivity index (χ4v) is 3.08. The molecule has 0 amide bonds. The molecule has 0 unspecified atom stereocenters. The smallest absolute Gasteiger partial charge is 0.149 e. The average molecular weight is 316 g/mol. The molecule has 0 bridgehead atoms. The van der Waals surface area contributed by atoms with E-state index in [1.165, 1.54) is 12.4 Å². The van der Waals surface area contributed by atoms with Crippen molar-refractivity contribution in [2.45, 2.75) is 26.3 Å². The topological polar surface area (TPSA) is 41.9 Å². The minimum Gasteiger partial charge on any atom is -0.353 e. The van der Waals surface area contributed by atoms with E-state index >= 15 is 0 Å². The summed E-state index contributed by atoms with van der Waals surface area (Å²) in [5.74, 6) is 0.459. The Labute approximate surface area is 132 Å². The largest absolute Gasteiger partial charge is 0.353 e. The van der Waals surface area contributed by atoms with Crippen LogP contribution in [0.3, 0.4) is 0 Å². The fourth-order valence-electron chi connectivity index (χ4n) is 2.47. The lowest BCUT2D eigenvalue weighted by molar-refractivity contribution is 0.635. The molecule has 3 aromatic rings. The van der Waals surface area contributed by atoms with Crippen molar-refractivity contribution in [2.75, 3.05) is 11.4 Å². The highest BCUT2D eigenvalue weighted by Crippen LogP contribution is 2.26. The summed E-state index contributed by atoms with van der Waals surface area (Å²) < 4.78 is 13.9. The molecule has 0 radical (unpaired) electrons. The monoisotopic (exact) mass is 316 g/mol. The van der Waals surface area contributed by atoms with E-state index in [9.17, 15) is 4.39 Å². The van der Waals surface area contributed by atoms with Gasteiger partial charge in [-0.25, -0.2) is 19.3 Å². The van der Waals surface area contributed by atoms with Crippen LogP contribution in [0.1, 0.15) is 18.9 Å². The van der Waals surface area contributed by atoms with E-state index in [1.54, 1.807) is 17.4 Å². The van der Waals surface area contributed by atoms with E-state index in [2.05, 4.69) is 33.7 Å². The Kier molecular flexibility index (Phi) is 4.29. The van der Waals surface area contributed by atoms with Gasteiger partial charge in [0.25, 0.3) is 0 Å². The Balaban J connectivity index is 1.96. The van der Waals surface area contributed by atoms with Crippen LogP contribution in [0.15, 0.2) is 36.1 Å². The highest BCUT2D eigenvalue weighted by atomic mass is 32.1. The van der Waals surface area contributed by atoms with Crippen molar-refractivity contribution in [3.05, 3.63) is 46.9 Å². The van der Waals surface area contributed by atoms with E-state index < -0.39 is 0 Å². The first-order valence-electron chi connectivity index (χ1n) is 7.21. The van der Waals surface area contributed by atoms with Crippen LogP contribution in [-0.4, -0.2) is 27.5 Å². The predicted octanol–water partition coefficient (Wildman–Crippen LogP) is 3.68. The third kappa shape index (κ3) is 2.92. The molecule has 0 N–H and O–H groups in total. The van der Waals surface area contributed by atoms with Crippen molar-refractivity contribution in [3.8, 4) is 0 Å².